The molecule has 1 aromatic carbocycles. The highest BCUT2D eigenvalue weighted by atomic mass is 79.9. The van der Waals surface area contributed by atoms with E-state index >= 15 is 0 Å². The Labute approximate surface area is 316 Å². The number of rotatable bonds is 39. The summed E-state index contributed by atoms with van der Waals surface area (Å²) in [6.45, 7) is 6.71. The van der Waals surface area contributed by atoms with Crippen molar-refractivity contribution in [3.63, 3.8) is 0 Å². The second-order valence-electron chi connectivity index (χ2n) is 15.6. The van der Waals surface area contributed by atoms with Crippen LogP contribution >= 0.6 is 15.9 Å². The molecule has 0 amide bonds. The van der Waals surface area contributed by atoms with Crippen LogP contribution in [0, 0.1) is 5.82 Å². The van der Waals surface area contributed by atoms with Crippen LogP contribution in [0.2, 0.25) is 0 Å². The third-order valence-corrected chi connectivity index (χ3v) is 11.5. The molecule has 0 N–H and O–H groups in total. The van der Waals surface area contributed by atoms with Gasteiger partial charge in [-0.05, 0) is 47.0 Å². The van der Waals surface area contributed by atoms with Gasteiger partial charge in [0.1, 0.15) is 5.82 Å². The molecule has 0 heterocycles. The number of halogens is 2. The monoisotopic (exact) mass is 750 g/mol. The predicted octanol–water partition coefficient (Wildman–Crippen LogP) is 17.5. The van der Waals surface area contributed by atoms with E-state index in [-0.39, 0.29) is 5.82 Å². The molecular formula is C46H85BrFN. The summed E-state index contributed by atoms with van der Waals surface area (Å²) in [5, 5.41) is 0. The highest BCUT2D eigenvalue weighted by molar-refractivity contribution is 9.10. The van der Waals surface area contributed by atoms with Crippen LogP contribution in [0.4, 0.5) is 10.1 Å². The minimum absolute atomic E-state index is 0.141. The SMILES string of the molecule is CCCCCCCCCCCCCCCCCCCCN(CCCCCCCCCCCCCCCCCCCC)c1ccc(Br)c(F)c1. The molecule has 0 spiro atoms. The van der Waals surface area contributed by atoms with E-state index in [9.17, 15) is 4.39 Å². The highest BCUT2D eigenvalue weighted by Gasteiger charge is 2.09. The first-order chi connectivity index (χ1) is 24.2. The number of hydrogen-bond donors (Lipinski definition) is 0. The first kappa shape index (κ1) is 46.5. The Morgan fingerprint density at radius 3 is 0.878 bits per heavy atom. The summed E-state index contributed by atoms with van der Waals surface area (Å²) in [7, 11) is 0. The lowest BCUT2D eigenvalue weighted by Crippen LogP contribution is -2.25. The number of hydrogen-bond acceptors (Lipinski definition) is 1. The summed E-state index contributed by atoms with van der Waals surface area (Å²) in [6, 6.07) is 5.70. The molecule has 0 fully saturated rings. The van der Waals surface area contributed by atoms with Crippen LogP contribution in [0.5, 0.6) is 0 Å². The third kappa shape index (κ3) is 30.7. The lowest BCUT2D eigenvalue weighted by atomic mass is 10.0. The van der Waals surface area contributed by atoms with Gasteiger partial charge in [0.25, 0.3) is 0 Å². The predicted molar refractivity (Wildman–Crippen MR) is 224 cm³/mol. The Balaban J connectivity index is 2.02. The zero-order valence-corrected chi connectivity index (χ0v) is 34.9. The van der Waals surface area contributed by atoms with E-state index in [2.05, 4.69) is 40.7 Å². The molecule has 1 nitrogen and oxygen atoms in total. The summed E-state index contributed by atoms with van der Waals surface area (Å²) in [5.41, 5.74) is 1.06. The normalized spacial score (nSPS) is 11.5. The Morgan fingerprint density at radius 1 is 0.388 bits per heavy atom. The number of anilines is 1. The second-order valence-corrected chi connectivity index (χ2v) is 16.5. The molecule has 0 radical (unpaired) electrons. The standard InChI is InChI=1S/C46H85BrFN/c1-3-5-7-9-11-13-15-17-19-21-23-25-27-29-31-33-35-37-41-49(44-39-40-45(47)46(48)43-44)42-38-36-34-32-30-28-26-24-22-20-18-16-14-12-10-8-6-4-2/h39-40,43H,3-38,41-42H2,1-2H3. The van der Waals surface area contributed by atoms with E-state index in [4.69, 9.17) is 0 Å². The van der Waals surface area contributed by atoms with Crippen molar-refractivity contribution in [1.29, 1.82) is 0 Å². The zero-order chi connectivity index (χ0) is 35.3. The minimum Gasteiger partial charge on any atom is -0.371 e. The Hall–Kier alpha value is -0.570. The lowest BCUT2D eigenvalue weighted by Gasteiger charge is -2.25. The first-order valence-electron chi connectivity index (χ1n) is 22.4. The maximum Gasteiger partial charge on any atom is 0.139 e. The largest absolute Gasteiger partial charge is 0.371 e. The van der Waals surface area contributed by atoms with Crippen molar-refractivity contribution < 1.29 is 4.39 Å². The molecular weight excluding hydrogens is 665 g/mol. The highest BCUT2D eigenvalue weighted by Crippen LogP contribution is 2.24. The average molecular weight is 751 g/mol. The third-order valence-electron chi connectivity index (χ3n) is 10.8. The van der Waals surface area contributed by atoms with Gasteiger partial charge in [0.05, 0.1) is 4.47 Å². The van der Waals surface area contributed by atoms with Crippen LogP contribution in [0.3, 0.4) is 0 Å². The Kier molecular flexibility index (Phi) is 35.3. The van der Waals surface area contributed by atoms with Crippen LogP contribution in [0.25, 0.3) is 0 Å². The fourth-order valence-corrected chi connectivity index (χ4v) is 7.71. The number of nitrogens with zero attached hydrogens (tertiary/aromatic N) is 1. The van der Waals surface area contributed by atoms with Crippen LogP contribution in [0.1, 0.15) is 245 Å². The van der Waals surface area contributed by atoms with Crippen molar-refractivity contribution in [2.45, 2.75) is 245 Å². The molecule has 0 atom stereocenters. The quantitative estimate of drug-likeness (QED) is 0.0606. The Bertz CT molecular complexity index is 757. The summed E-state index contributed by atoms with van der Waals surface area (Å²) in [6.07, 6.45) is 50.7. The van der Waals surface area contributed by atoms with E-state index < -0.39 is 0 Å². The van der Waals surface area contributed by atoms with Gasteiger partial charge < -0.3 is 4.90 Å². The summed E-state index contributed by atoms with van der Waals surface area (Å²) < 4.78 is 14.9. The molecule has 288 valence electrons. The average Bonchev–Trinajstić information content (AvgIpc) is 3.10. The van der Waals surface area contributed by atoms with Crippen LogP contribution in [-0.2, 0) is 0 Å². The molecule has 1 rings (SSSR count). The van der Waals surface area contributed by atoms with Gasteiger partial charge in [-0.15, -0.1) is 0 Å². The first-order valence-corrected chi connectivity index (χ1v) is 23.2. The topological polar surface area (TPSA) is 3.24 Å². The van der Waals surface area contributed by atoms with E-state index in [1.807, 2.05) is 6.07 Å². The number of unbranched alkanes of at least 4 members (excludes halogenated alkanes) is 34. The molecule has 0 saturated heterocycles. The molecule has 0 unspecified atom stereocenters. The molecule has 0 aromatic heterocycles. The molecule has 0 aliphatic heterocycles. The van der Waals surface area contributed by atoms with Gasteiger partial charge in [-0.1, -0.05) is 232 Å². The van der Waals surface area contributed by atoms with Gasteiger partial charge in [0, 0.05) is 18.8 Å². The molecule has 0 aliphatic rings. The van der Waals surface area contributed by atoms with Crippen LogP contribution < -0.4 is 4.90 Å². The van der Waals surface area contributed by atoms with E-state index in [1.54, 1.807) is 6.07 Å². The fraction of sp³-hybridized carbons (Fsp3) is 0.870. The smallest absolute Gasteiger partial charge is 0.139 e. The minimum atomic E-state index is -0.141. The molecule has 49 heavy (non-hydrogen) atoms. The summed E-state index contributed by atoms with van der Waals surface area (Å²) >= 11 is 3.34. The van der Waals surface area contributed by atoms with Gasteiger partial charge >= 0.3 is 0 Å². The van der Waals surface area contributed by atoms with Crippen molar-refractivity contribution in [1.82, 2.24) is 0 Å². The summed E-state index contributed by atoms with van der Waals surface area (Å²) in [4.78, 5) is 2.45. The zero-order valence-electron chi connectivity index (χ0n) is 33.3. The van der Waals surface area contributed by atoms with Gasteiger partial charge in [-0.2, -0.15) is 0 Å². The molecule has 3 heteroatoms. The van der Waals surface area contributed by atoms with E-state index in [0.29, 0.717) is 4.47 Å². The number of benzene rings is 1. The van der Waals surface area contributed by atoms with Crippen molar-refractivity contribution in [2.75, 3.05) is 18.0 Å². The lowest BCUT2D eigenvalue weighted by molar-refractivity contribution is 0.521. The van der Waals surface area contributed by atoms with E-state index in [0.717, 1.165) is 18.8 Å². The van der Waals surface area contributed by atoms with Crippen LogP contribution in [-0.4, -0.2) is 13.1 Å². The summed E-state index contributed by atoms with van der Waals surface area (Å²) in [5.74, 6) is -0.141. The molecule has 0 bridgehead atoms. The van der Waals surface area contributed by atoms with Crippen LogP contribution in [0.15, 0.2) is 22.7 Å². The van der Waals surface area contributed by atoms with Crippen molar-refractivity contribution in [2.24, 2.45) is 0 Å². The fourth-order valence-electron chi connectivity index (χ4n) is 7.46. The van der Waals surface area contributed by atoms with E-state index in [1.165, 1.54) is 231 Å². The molecule has 0 aliphatic carbocycles. The van der Waals surface area contributed by atoms with Gasteiger partial charge in [-0.25, -0.2) is 4.39 Å². The van der Waals surface area contributed by atoms with Crippen molar-refractivity contribution in [3.8, 4) is 0 Å². The van der Waals surface area contributed by atoms with Crippen molar-refractivity contribution in [3.05, 3.63) is 28.5 Å². The Morgan fingerprint density at radius 2 is 0.633 bits per heavy atom. The maximum absolute atomic E-state index is 14.4. The second kappa shape index (κ2) is 37.2. The van der Waals surface area contributed by atoms with Gasteiger partial charge in [-0.3, -0.25) is 0 Å². The van der Waals surface area contributed by atoms with Crippen molar-refractivity contribution >= 4 is 21.6 Å². The van der Waals surface area contributed by atoms with Gasteiger partial charge in [0.15, 0.2) is 0 Å². The molecule has 1 aromatic rings. The van der Waals surface area contributed by atoms with Gasteiger partial charge in [0.2, 0.25) is 0 Å². The molecule has 0 saturated carbocycles. The maximum atomic E-state index is 14.4.